The third-order valence-electron chi connectivity index (χ3n) is 4.84. The van der Waals surface area contributed by atoms with E-state index in [1.54, 1.807) is 0 Å². The van der Waals surface area contributed by atoms with Crippen molar-refractivity contribution in [3.63, 3.8) is 0 Å². The molecular weight excluding hydrogens is 381 g/mol. The molecule has 1 heterocycles. The molecule has 0 aromatic heterocycles. The van der Waals surface area contributed by atoms with E-state index in [1.165, 1.54) is 32.0 Å². The molecule has 3 rings (SSSR count). The van der Waals surface area contributed by atoms with Crippen molar-refractivity contribution >= 4 is 27.3 Å². The molecule has 0 bridgehead atoms. The van der Waals surface area contributed by atoms with E-state index in [9.17, 15) is 17.6 Å². The van der Waals surface area contributed by atoms with Crippen LogP contribution in [0.2, 0.25) is 0 Å². The lowest BCUT2D eigenvalue weighted by Gasteiger charge is -2.20. The summed E-state index contributed by atoms with van der Waals surface area (Å²) in [7, 11) is -2.55. The number of aryl methyl sites for hydroxylation is 1. The Labute approximate surface area is 165 Å². The van der Waals surface area contributed by atoms with E-state index in [-0.39, 0.29) is 11.4 Å². The van der Waals surface area contributed by atoms with Gasteiger partial charge in [-0.2, -0.15) is 4.31 Å². The molecule has 1 N–H and O–H groups in total. The van der Waals surface area contributed by atoms with Crippen molar-refractivity contribution in [1.29, 1.82) is 0 Å². The van der Waals surface area contributed by atoms with Crippen molar-refractivity contribution < 1.29 is 17.6 Å². The van der Waals surface area contributed by atoms with E-state index in [0.717, 1.165) is 40.8 Å². The Morgan fingerprint density at radius 2 is 1.79 bits per heavy atom. The number of amides is 1. The molecule has 1 amide bonds. The number of benzene rings is 2. The topological polar surface area (TPSA) is 69.7 Å². The summed E-state index contributed by atoms with van der Waals surface area (Å²) in [6.07, 6.45) is 2.37. The highest BCUT2D eigenvalue weighted by Gasteiger charge is 2.23. The number of anilines is 2. The lowest BCUT2D eigenvalue weighted by Crippen LogP contribution is -2.35. The van der Waals surface area contributed by atoms with Gasteiger partial charge in [-0.25, -0.2) is 12.8 Å². The van der Waals surface area contributed by atoms with Gasteiger partial charge in [-0.15, -0.1) is 0 Å². The first-order valence-corrected chi connectivity index (χ1v) is 10.6. The average molecular weight is 405 g/mol. The summed E-state index contributed by atoms with van der Waals surface area (Å²) >= 11 is 0. The highest BCUT2D eigenvalue weighted by Crippen LogP contribution is 2.25. The second-order valence-electron chi connectivity index (χ2n) is 6.96. The Hall–Kier alpha value is -2.45. The van der Waals surface area contributed by atoms with Gasteiger partial charge in [-0.1, -0.05) is 0 Å². The zero-order valence-corrected chi connectivity index (χ0v) is 16.8. The average Bonchev–Trinajstić information content (AvgIpc) is 3.18. The highest BCUT2D eigenvalue weighted by atomic mass is 32.2. The van der Waals surface area contributed by atoms with Crippen LogP contribution in [0.1, 0.15) is 18.4 Å². The molecule has 150 valence electrons. The van der Waals surface area contributed by atoms with Crippen molar-refractivity contribution in [2.45, 2.75) is 24.7 Å². The van der Waals surface area contributed by atoms with Gasteiger partial charge in [-0.3, -0.25) is 4.79 Å². The number of carbonyl (C=O) groups excluding carboxylic acids is 1. The first-order valence-electron chi connectivity index (χ1n) is 9.15. The summed E-state index contributed by atoms with van der Waals surface area (Å²) in [5, 5.41) is 2.77. The number of likely N-dealkylation sites (N-methyl/N-ethyl adjacent to an activating group) is 1. The van der Waals surface area contributed by atoms with Crippen LogP contribution in [0.5, 0.6) is 0 Å². The molecule has 6 nitrogen and oxygen atoms in total. The first-order chi connectivity index (χ1) is 13.3. The zero-order valence-electron chi connectivity index (χ0n) is 16.0. The Balaban J connectivity index is 1.65. The fourth-order valence-electron chi connectivity index (χ4n) is 3.22. The monoisotopic (exact) mass is 405 g/mol. The number of nitrogens with zero attached hydrogens (tertiary/aromatic N) is 2. The minimum absolute atomic E-state index is 0.0599. The number of rotatable bonds is 6. The van der Waals surface area contributed by atoms with Gasteiger partial charge < -0.3 is 10.2 Å². The van der Waals surface area contributed by atoms with E-state index >= 15 is 0 Å². The van der Waals surface area contributed by atoms with E-state index in [0.29, 0.717) is 5.69 Å². The van der Waals surface area contributed by atoms with Gasteiger partial charge in [0.2, 0.25) is 15.9 Å². The third-order valence-corrected chi connectivity index (χ3v) is 6.66. The fourth-order valence-corrected chi connectivity index (χ4v) is 4.35. The molecule has 2 aromatic rings. The zero-order chi connectivity index (χ0) is 20.3. The van der Waals surface area contributed by atoms with Gasteiger partial charge in [0.05, 0.1) is 11.4 Å². The number of carbonyl (C=O) groups is 1. The van der Waals surface area contributed by atoms with Crippen LogP contribution < -0.4 is 10.2 Å². The summed E-state index contributed by atoms with van der Waals surface area (Å²) in [5.74, 6) is -0.961. The Morgan fingerprint density at radius 3 is 2.39 bits per heavy atom. The summed E-state index contributed by atoms with van der Waals surface area (Å²) in [6.45, 7) is 3.65. The molecule has 0 aliphatic carbocycles. The molecule has 1 aliphatic heterocycles. The van der Waals surface area contributed by atoms with Gasteiger partial charge in [0.1, 0.15) is 5.82 Å². The maximum Gasteiger partial charge on any atom is 0.243 e. The minimum atomic E-state index is -3.87. The van der Waals surface area contributed by atoms with Gasteiger partial charge in [0, 0.05) is 31.5 Å². The van der Waals surface area contributed by atoms with Crippen molar-refractivity contribution in [2.75, 3.05) is 36.9 Å². The highest BCUT2D eigenvalue weighted by molar-refractivity contribution is 7.89. The molecular formula is C20H24FN3O3S. The molecule has 2 aromatic carbocycles. The number of hydrogen-bond acceptors (Lipinski definition) is 4. The molecule has 0 saturated carbocycles. The maximum atomic E-state index is 13.0. The van der Waals surface area contributed by atoms with Crippen LogP contribution in [0, 0.1) is 12.7 Å². The summed E-state index contributed by atoms with van der Waals surface area (Å²) < 4.78 is 39.0. The molecule has 1 fully saturated rings. The summed E-state index contributed by atoms with van der Waals surface area (Å²) in [6, 6.07) is 10.3. The molecule has 0 atom stereocenters. The molecule has 1 aliphatic rings. The van der Waals surface area contributed by atoms with Gasteiger partial charge >= 0.3 is 0 Å². The SMILES string of the molecule is Cc1cc(N2CCCC2)ccc1NC(=O)CN(C)S(=O)(=O)c1ccc(F)cc1. The lowest BCUT2D eigenvalue weighted by atomic mass is 10.1. The van der Waals surface area contributed by atoms with E-state index in [1.807, 2.05) is 25.1 Å². The molecule has 0 unspecified atom stereocenters. The predicted molar refractivity (Wildman–Crippen MR) is 107 cm³/mol. The first kappa shape index (κ1) is 20.3. The van der Waals surface area contributed by atoms with Crippen LogP contribution in [0.25, 0.3) is 0 Å². The van der Waals surface area contributed by atoms with Crippen LogP contribution >= 0.6 is 0 Å². The Bertz CT molecular complexity index is 955. The van der Waals surface area contributed by atoms with Crippen molar-refractivity contribution in [3.05, 3.63) is 53.8 Å². The van der Waals surface area contributed by atoms with Gasteiger partial charge in [0.25, 0.3) is 0 Å². The molecule has 8 heteroatoms. The van der Waals surface area contributed by atoms with Crippen molar-refractivity contribution in [2.24, 2.45) is 0 Å². The second-order valence-corrected chi connectivity index (χ2v) is 9.00. The summed E-state index contributed by atoms with van der Waals surface area (Å²) in [4.78, 5) is 14.6. The number of hydrogen-bond donors (Lipinski definition) is 1. The van der Waals surface area contributed by atoms with Crippen LogP contribution in [-0.2, 0) is 14.8 Å². The van der Waals surface area contributed by atoms with E-state index < -0.39 is 21.7 Å². The minimum Gasteiger partial charge on any atom is -0.372 e. The van der Waals surface area contributed by atoms with Crippen LogP contribution in [0.3, 0.4) is 0 Å². The molecule has 1 saturated heterocycles. The maximum absolute atomic E-state index is 13.0. The fraction of sp³-hybridized carbons (Fsp3) is 0.350. The standard InChI is InChI=1S/C20H24FN3O3S/c1-15-13-17(24-11-3-4-12-24)7-10-19(15)22-20(25)14-23(2)28(26,27)18-8-5-16(21)6-9-18/h5-10,13H,3-4,11-12,14H2,1-2H3,(H,22,25). The number of halogens is 1. The second kappa shape index (κ2) is 8.28. The Kier molecular flexibility index (Phi) is 6.00. The number of nitrogens with one attached hydrogen (secondary N) is 1. The Morgan fingerprint density at radius 1 is 1.14 bits per heavy atom. The van der Waals surface area contributed by atoms with Crippen LogP contribution in [0.4, 0.5) is 15.8 Å². The molecule has 0 radical (unpaired) electrons. The van der Waals surface area contributed by atoms with Crippen LogP contribution in [-0.4, -0.2) is 45.3 Å². The van der Waals surface area contributed by atoms with E-state index in [2.05, 4.69) is 10.2 Å². The smallest absolute Gasteiger partial charge is 0.243 e. The lowest BCUT2D eigenvalue weighted by molar-refractivity contribution is -0.116. The van der Waals surface area contributed by atoms with E-state index in [4.69, 9.17) is 0 Å². The molecule has 0 spiro atoms. The molecule has 28 heavy (non-hydrogen) atoms. The van der Waals surface area contributed by atoms with Gasteiger partial charge in [0.15, 0.2) is 0 Å². The van der Waals surface area contributed by atoms with Crippen molar-refractivity contribution in [1.82, 2.24) is 4.31 Å². The van der Waals surface area contributed by atoms with Crippen LogP contribution in [0.15, 0.2) is 47.4 Å². The number of sulfonamides is 1. The largest absolute Gasteiger partial charge is 0.372 e. The normalized spacial score (nSPS) is 14.5. The predicted octanol–water partition coefficient (Wildman–Crippen LogP) is 2.99. The van der Waals surface area contributed by atoms with Gasteiger partial charge in [-0.05, 0) is 67.8 Å². The quantitative estimate of drug-likeness (QED) is 0.802. The van der Waals surface area contributed by atoms with Crippen molar-refractivity contribution in [3.8, 4) is 0 Å². The third kappa shape index (κ3) is 4.51. The summed E-state index contributed by atoms with van der Waals surface area (Å²) in [5.41, 5.74) is 2.70.